The fraction of sp³-hybridized carbons (Fsp3) is 0.333. The molecule has 1 aromatic rings. The molecule has 1 heterocycles. The lowest BCUT2D eigenvalue weighted by molar-refractivity contribution is 1.04. The summed E-state index contributed by atoms with van der Waals surface area (Å²) in [5.74, 6) is 0. The van der Waals surface area contributed by atoms with E-state index in [1.54, 1.807) is 6.33 Å². The monoisotopic (exact) mass is 182 g/mol. The molecule has 2 nitrogen and oxygen atoms in total. The van der Waals surface area contributed by atoms with Crippen molar-refractivity contribution in [2.24, 2.45) is 0 Å². The fourth-order valence-electron chi connectivity index (χ4n) is 1.01. The van der Waals surface area contributed by atoms with E-state index in [0.717, 1.165) is 22.0 Å². The maximum absolute atomic E-state index is 5.76. The summed E-state index contributed by atoms with van der Waals surface area (Å²) in [5.41, 5.74) is 2.94. The Morgan fingerprint density at radius 2 is 1.83 bits per heavy atom. The quantitative estimate of drug-likeness (QED) is 0.668. The molecule has 3 heteroatoms. The van der Waals surface area contributed by atoms with Crippen molar-refractivity contribution < 1.29 is 0 Å². The van der Waals surface area contributed by atoms with Gasteiger partial charge in [0.25, 0.3) is 0 Å². The molecule has 1 rings (SSSR count). The molecular formula is C9H11ClN2. The van der Waals surface area contributed by atoms with Gasteiger partial charge in [0.2, 0.25) is 0 Å². The lowest BCUT2D eigenvalue weighted by Crippen LogP contribution is -1.93. The number of allylic oxidation sites excluding steroid dienone is 1. The third kappa shape index (κ3) is 2.05. The van der Waals surface area contributed by atoms with Crippen molar-refractivity contribution in [3.8, 4) is 0 Å². The molecule has 0 N–H and O–H groups in total. The summed E-state index contributed by atoms with van der Waals surface area (Å²) >= 11 is 5.76. The SMILES string of the molecule is C/C(Cl)=C\c1c(C)ncnc1C. The molecule has 0 aliphatic carbocycles. The molecule has 0 fully saturated rings. The number of halogens is 1. The number of nitrogens with zero attached hydrogens (tertiary/aromatic N) is 2. The van der Waals surface area contributed by atoms with Crippen LogP contribution >= 0.6 is 11.6 Å². The first-order valence-corrected chi connectivity index (χ1v) is 4.11. The Labute approximate surface area is 77.3 Å². The zero-order valence-electron chi connectivity index (χ0n) is 7.43. The summed E-state index contributed by atoms with van der Waals surface area (Å²) in [5, 5.41) is 0.746. The lowest BCUT2D eigenvalue weighted by Gasteiger charge is -2.01. The van der Waals surface area contributed by atoms with Crippen molar-refractivity contribution in [1.29, 1.82) is 0 Å². The summed E-state index contributed by atoms with van der Waals surface area (Å²) in [7, 11) is 0. The first-order chi connectivity index (χ1) is 5.61. The molecule has 0 saturated carbocycles. The largest absolute Gasteiger partial charge is 0.241 e. The molecule has 0 bridgehead atoms. The van der Waals surface area contributed by atoms with Crippen LogP contribution in [0.25, 0.3) is 6.08 Å². The third-order valence-corrected chi connectivity index (χ3v) is 1.73. The Bertz CT molecular complexity index is 294. The van der Waals surface area contributed by atoms with Crippen LogP contribution in [-0.4, -0.2) is 9.97 Å². The number of hydrogen-bond donors (Lipinski definition) is 0. The standard InChI is InChI=1S/C9H11ClN2/c1-6(10)4-9-7(2)11-5-12-8(9)3/h4-5H,1-3H3/b6-4+. The highest BCUT2D eigenvalue weighted by atomic mass is 35.5. The van der Waals surface area contributed by atoms with Crippen molar-refractivity contribution in [3.63, 3.8) is 0 Å². The number of aryl methyl sites for hydroxylation is 2. The molecule has 0 saturated heterocycles. The minimum Gasteiger partial charge on any atom is -0.241 e. The molecule has 64 valence electrons. The normalized spacial score (nSPS) is 11.8. The van der Waals surface area contributed by atoms with Gasteiger partial charge < -0.3 is 0 Å². The predicted molar refractivity (Wildman–Crippen MR) is 51.0 cm³/mol. The maximum Gasteiger partial charge on any atom is 0.115 e. The molecule has 1 aromatic heterocycles. The maximum atomic E-state index is 5.76. The summed E-state index contributed by atoms with van der Waals surface area (Å²) in [4.78, 5) is 8.16. The second-order valence-electron chi connectivity index (χ2n) is 2.69. The predicted octanol–water partition coefficient (Wildman–Crippen LogP) is 2.69. The van der Waals surface area contributed by atoms with Crippen molar-refractivity contribution in [2.75, 3.05) is 0 Å². The van der Waals surface area contributed by atoms with Crippen LogP contribution in [-0.2, 0) is 0 Å². The van der Waals surface area contributed by atoms with E-state index in [2.05, 4.69) is 9.97 Å². The Kier molecular flexibility index (Phi) is 2.82. The van der Waals surface area contributed by atoms with Gasteiger partial charge in [0.15, 0.2) is 0 Å². The first-order valence-electron chi connectivity index (χ1n) is 3.73. The van der Waals surface area contributed by atoms with E-state index in [0.29, 0.717) is 0 Å². The van der Waals surface area contributed by atoms with E-state index in [1.165, 1.54) is 0 Å². The third-order valence-electron chi connectivity index (χ3n) is 1.63. The van der Waals surface area contributed by atoms with Gasteiger partial charge in [-0.05, 0) is 26.8 Å². The van der Waals surface area contributed by atoms with Gasteiger partial charge in [-0.3, -0.25) is 0 Å². The Morgan fingerprint density at radius 1 is 1.33 bits per heavy atom. The van der Waals surface area contributed by atoms with Crippen LogP contribution in [0.15, 0.2) is 11.4 Å². The average Bonchev–Trinajstić information content (AvgIpc) is 1.97. The molecule has 0 aromatic carbocycles. The number of hydrogen-bond acceptors (Lipinski definition) is 2. The molecule has 0 aliphatic rings. The zero-order valence-corrected chi connectivity index (χ0v) is 8.18. The van der Waals surface area contributed by atoms with Crippen LogP contribution in [0.4, 0.5) is 0 Å². The molecule has 0 amide bonds. The van der Waals surface area contributed by atoms with Gasteiger partial charge in [0.05, 0.1) is 0 Å². The average molecular weight is 183 g/mol. The second-order valence-corrected chi connectivity index (χ2v) is 3.29. The molecule has 0 aliphatic heterocycles. The van der Waals surface area contributed by atoms with E-state index < -0.39 is 0 Å². The first kappa shape index (κ1) is 9.20. The van der Waals surface area contributed by atoms with Crippen LogP contribution in [0, 0.1) is 13.8 Å². The van der Waals surface area contributed by atoms with Gasteiger partial charge in [-0.2, -0.15) is 0 Å². The summed E-state index contributed by atoms with van der Waals surface area (Å²) < 4.78 is 0. The van der Waals surface area contributed by atoms with Gasteiger partial charge in [-0.15, -0.1) is 0 Å². The number of rotatable bonds is 1. The Balaban J connectivity index is 3.22. The van der Waals surface area contributed by atoms with E-state index in [9.17, 15) is 0 Å². The fourth-order valence-corrected chi connectivity index (χ4v) is 1.12. The summed E-state index contributed by atoms with van der Waals surface area (Å²) in [6, 6.07) is 0. The van der Waals surface area contributed by atoms with E-state index >= 15 is 0 Å². The molecule has 0 radical (unpaired) electrons. The topological polar surface area (TPSA) is 25.8 Å². The van der Waals surface area contributed by atoms with Crippen LogP contribution < -0.4 is 0 Å². The van der Waals surface area contributed by atoms with Gasteiger partial charge in [-0.25, -0.2) is 9.97 Å². The molecule has 12 heavy (non-hydrogen) atoms. The highest BCUT2D eigenvalue weighted by Gasteiger charge is 2.00. The van der Waals surface area contributed by atoms with Gasteiger partial charge in [-0.1, -0.05) is 11.6 Å². The van der Waals surface area contributed by atoms with Crippen molar-refractivity contribution in [1.82, 2.24) is 9.97 Å². The van der Waals surface area contributed by atoms with Crippen molar-refractivity contribution in [3.05, 3.63) is 28.3 Å². The van der Waals surface area contributed by atoms with Crippen LogP contribution in [0.5, 0.6) is 0 Å². The van der Waals surface area contributed by atoms with Crippen LogP contribution in [0.2, 0.25) is 0 Å². The molecule has 0 spiro atoms. The van der Waals surface area contributed by atoms with Crippen LogP contribution in [0.1, 0.15) is 23.9 Å². The van der Waals surface area contributed by atoms with E-state index in [1.807, 2.05) is 26.8 Å². The molecular weight excluding hydrogens is 172 g/mol. The summed E-state index contributed by atoms with van der Waals surface area (Å²) in [6.45, 7) is 5.73. The van der Waals surface area contributed by atoms with Gasteiger partial charge >= 0.3 is 0 Å². The van der Waals surface area contributed by atoms with Crippen LogP contribution in [0.3, 0.4) is 0 Å². The van der Waals surface area contributed by atoms with Crippen molar-refractivity contribution >= 4 is 17.7 Å². The minimum atomic E-state index is 0.746. The number of aromatic nitrogens is 2. The smallest absolute Gasteiger partial charge is 0.115 e. The zero-order chi connectivity index (χ0) is 9.14. The van der Waals surface area contributed by atoms with E-state index in [4.69, 9.17) is 11.6 Å². The van der Waals surface area contributed by atoms with E-state index in [-0.39, 0.29) is 0 Å². The molecule has 0 unspecified atom stereocenters. The molecule has 0 atom stereocenters. The summed E-state index contributed by atoms with van der Waals surface area (Å²) in [6.07, 6.45) is 3.44. The Hall–Kier alpha value is -0.890. The second kappa shape index (κ2) is 3.68. The minimum absolute atomic E-state index is 0.746. The van der Waals surface area contributed by atoms with Gasteiger partial charge in [0, 0.05) is 22.0 Å². The highest BCUT2D eigenvalue weighted by molar-refractivity contribution is 6.31. The highest BCUT2D eigenvalue weighted by Crippen LogP contribution is 2.14. The van der Waals surface area contributed by atoms with Crippen molar-refractivity contribution in [2.45, 2.75) is 20.8 Å². The Morgan fingerprint density at radius 3 is 2.25 bits per heavy atom. The van der Waals surface area contributed by atoms with Gasteiger partial charge in [0.1, 0.15) is 6.33 Å². The lowest BCUT2D eigenvalue weighted by atomic mass is 10.1.